The topological polar surface area (TPSA) is 106 Å². The first-order chi connectivity index (χ1) is 20.7. The van der Waals surface area contributed by atoms with Gasteiger partial charge >= 0.3 is 5.92 Å². The van der Waals surface area contributed by atoms with E-state index in [2.05, 4.69) is 25.6 Å². The van der Waals surface area contributed by atoms with Gasteiger partial charge in [0.25, 0.3) is 11.8 Å². The van der Waals surface area contributed by atoms with Crippen LogP contribution in [0.3, 0.4) is 0 Å². The summed E-state index contributed by atoms with van der Waals surface area (Å²) in [5.41, 5.74) is 4.48. The third-order valence-corrected chi connectivity index (χ3v) is 7.96. The minimum Gasteiger partial charge on any atom is -0.495 e. The van der Waals surface area contributed by atoms with Crippen LogP contribution in [0.25, 0.3) is 0 Å². The predicted octanol–water partition coefficient (Wildman–Crippen LogP) is 3.65. The van der Waals surface area contributed by atoms with Crippen molar-refractivity contribution in [3.63, 3.8) is 0 Å². The Morgan fingerprint density at radius 1 is 1.09 bits per heavy atom. The van der Waals surface area contributed by atoms with Crippen molar-refractivity contribution in [3.05, 3.63) is 60.3 Å². The van der Waals surface area contributed by atoms with E-state index in [1.807, 2.05) is 5.01 Å². The average molecular weight is 593 g/mol. The number of amides is 2. The number of alkyl halides is 2. The Bertz CT molecular complexity index is 1500. The number of methoxy groups -OCH3 is 1. The van der Waals surface area contributed by atoms with Crippen molar-refractivity contribution >= 4 is 40.6 Å². The number of hydrogen-bond acceptors (Lipinski definition) is 9. The lowest BCUT2D eigenvalue weighted by Crippen LogP contribution is -2.53. The molecule has 3 aliphatic rings. The van der Waals surface area contributed by atoms with Gasteiger partial charge in [-0.1, -0.05) is 18.2 Å². The average Bonchev–Trinajstić information content (AvgIpc) is 3.85. The minimum absolute atomic E-state index is 0.102. The smallest absolute Gasteiger partial charge is 0.342 e. The van der Waals surface area contributed by atoms with Gasteiger partial charge in [0.05, 0.1) is 25.5 Å². The second-order valence-corrected chi connectivity index (χ2v) is 11.1. The zero-order chi connectivity index (χ0) is 30.1. The van der Waals surface area contributed by atoms with E-state index in [0.29, 0.717) is 22.7 Å². The summed E-state index contributed by atoms with van der Waals surface area (Å²) in [6.45, 7) is 3.63. The summed E-state index contributed by atoms with van der Waals surface area (Å²) in [7, 11) is 2.76. The number of hydrazine groups is 1. The van der Waals surface area contributed by atoms with Gasteiger partial charge in [0, 0.05) is 51.0 Å². The van der Waals surface area contributed by atoms with Crippen molar-refractivity contribution in [2.45, 2.75) is 18.8 Å². The number of halogens is 2. The lowest BCUT2D eigenvalue weighted by molar-refractivity contribution is -0.140. The summed E-state index contributed by atoms with van der Waals surface area (Å²) in [6.07, 6.45) is 3.98. The molecule has 2 aliphatic heterocycles. The first-order valence-corrected chi connectivity index (χ1v) is 14.3. The molecule has 2 fully saturated rings. The maximum Gasteiger partial charge on any atom is 0.342 e. The summed E-state index contributed by atoms with van der Waals surface area (Å²) < 4.78 is 35.4. The summed E-state index contributed by atoms with van der Waals surface area (Å²) in [5, 5.41) is 5.02. The van der Waals surface area contributed by atoms with E-state index in [-0.39, 0.29) is 23.4 Å². The number of fused-ring (bicyclic) bond motifs is 1. The van der Waals surface area contributed by atoms with Crippen LogP contribution >= 0.6 is 0 Å². The van der Waals surface area contributed by atoms with Gasteiger partial charge in [-0.3, -0.25) is 15.0 Å². The normalized spacial score (nSPS) is 19.0. The zero-order valence-electron chi connectivity index (χ0n) is 24.1. The maximum atomic E-state index is 14.9. The number of carbonyl (C=O) groups excluding carboxylic acids is 2. The molecule has 43 heavy (non-hydrogen) atoms. The SMILES string of the molecule is COc1cc(C(=O)NN2CCN(CC3CC3)CC2)ccc1Nc1ncc2c(n1)N(c1ccccc1)CC(F)(F)C(=O)N2C. The van der Waals surface area contributed by atoms with Gasteiger partial charge in [0.15, 0.2) is 5.82 Å². The molecule has 11 nitrogen and oxygen atoms in total. The number of nitrogens with zero attached hydrogens (tertiary/aromatic N) is 6. The fourth-order valence-electron chi connectivity index (χ4n) is 5.35. The Hall–Kier alpha value is -4.36. The van der Waals surface area contributed by atoms with Gasteiger partial charge in [-0.05, 0) is 49.1 Å². The molecule has 0 atom stereocenters. The maximum absolute atomic E-state index is 14.9. The highest BCUT2D eigenvalue weighted by atomic mass is 19.3. The van der Waals surface area contributed by atoms with Gasteiger partial charge in [0.2, 0.25) is 5.95 Å². The van der Waals surface area contributed by atoms with E-state index in [1.54, 1.807) is 48.5 Å². The molecule has 2 amide bonds. The molecular formula is C30H34F2N8O3. The van der Waals surface area contributed by atoms with Crippen molar-refractivity contribution in [2.75, 3.05) is 68.5 Å². The van der Waals surface area contributed by atoms with Crippen LogP contribution in [0.4, 0.5) is 37.6 Å². The van der Waals surface area contributed by atoms with E-state index in [4.69, 9.17) is 4.74 Å². The molecule has 1 saturated carbocycles. The standard InChI is InChI=1S/C30H34F2N8O3/c1-37-24-17-33-29(35-26(24)40(19-30(31,32)28(37)42)22-6-4-3-5-7-22)34-23-11-10-21(16-25(23)43-2)27(41)36-39-14-12-38(13-15-39)18-20-8-9-20/h3-7,10-11,16-17,20H,8-9,12-15,18-19H2,1-2H3,(H,36,41)(H,33,34,35). The molecule has 2 aromatic carbocycles. The van der Waals surface area contributed by atoms with Gasteiger partial charge in [0.1, 0.15) is 11.4 Å². The molecule has 1 aliphatic carbocycles. The molecule has 226 valence electrons. The molecule has 2 N–H and O–H groups in total. The number of aromatic nitrogens is 2. The molecule has 1 saturated heterocycles. The first-order valence-electron chi connectivity index (χ1n) is 14.3. The molecule has 0 unspecified atom stereocenters. The van der Waals surface area contributed by atoms with Crippen molar-refractivity contribution in [3.8, 4) is 5.75 Å². The summed E-state index contributed by atoms with van der Waals surface area (Å²) in [4.78, 5) is 39.1. The Morgan fingerprint density at radius 2 is 1.84 bits per heavy atom. The molecule has 0 bridgehead atoms. The largest absolute Gasteiger partial charge is 0.495 e. The fraction of sp³-hybridized carbons (Fsp3) is 0.400. The highest BCUT2D eigenvalue weighted by Gasteiger charge is 2.47. The van der Waals surface area contributed by atoms with Crippen LogP contribution in [0.1, 0.15) is 23.2 Å². The second-order valence-electron chi connectivity index (χ2n) is 11.1. The van der Waals surface area contributed by atoms with Gasteiger partial charge in [-0.25, -0.2) is 9.99 Å². The summed E-state index contributed by atoms with van der Waals surface area (Å²) in [5.74, 6) is -3.77. The number of nitrogens with one attached hydrogen (secondary N) is 2. The third-order valence-electron chi connectivity index (χ3n) is 7.96. The Labute approximate surface area is 248 Å². The van der Waals surface area contributed by atoms with Crippen molar-refractivity contribution < 1.29 is 23.1 Å². The molecule has 3 aromatic rings. The number of ether oxygens (including phenoxy) is 1. The van der Waals surface area contributed by atoms with E-state index in [1.165, 1.54) is 38.1 Å². The van der Waals surface area contributed by atoms with Crippen LogP contribution in [0, 0.1) is 5.92 Å². The van der Waals surface area contributed by atoms with Crippen molar-refractivity contribution in [1.82, 2.24) is 25.3 Å². The van der Waals surface area contributed by atoms with Crippen LogP contribution in [0.2, 0.25) is 0 Å². The van der Waals surface area contributed by atoms with E-state index in [9.17, 15) is 18.4 Å². The summed E-state index contributed by atoms with van der Waals surface area (Å²) in [6, 6.07) is 13.5. The number of piperazine rings is 1. The molecule has 6 rings (SSSR count). The van der Waals surface area contributed by atoms with E-state index >= 15 is 0 Å². The Balaban J connectivity index is 1.20. The molecule has 0 radical (unpaired) electrons. The zero-order valence-corrected chi connectivity index (χ0v) is 24.1. The van der Waals surface area contributed by atoms with Crippen molar-refractivity contribution in [2.24, 2.45) is 5.92 Å². The molecule has 13 heteroatoms. The minimum atomic E-state index is -3.65. The third kappa shape index (κ3) is 6.22. The molecule has 1 aromatic heterocycles. The first kappa shape index (κ1) is 28.7. The number of para-hydroxylation sites is 1. The lowest BCUT2D eigenvalue weighted by atomic mass is 10.1. The lowest BCUT2D eigenvalue weighted by Gasteiger charge is -2.34. The van der Waals surface area contributed by atoms with E-state index in [0.717, 1.165) is 43.5 Å². The Morgan fingerprint density at radius 3 is 2.53 bits per heavy atom. The summed E-state index contributed by atoms with van der Waals surface area (Å²) >= 11 is 0. The second kappa shape index (κ2) is 11.7. The molecule has 0 spiro atoms. The fourth-order valence-corrected chi connectivity index (χ4v) is 5.35. The predicted molar refractivity (Wildman–Crippen MR) is 158 cm³/mol. The highest BCUT2D eigenvalue weighted by molar-refractivity contribution is 6.02. The van der Waals surface area contributed by atoms with Gasteiger partial charge in [-0.15, -0.1) is 0 Å². The van der Waals surface area contributed by atoms with Crippen LogP contribution in [-0.2, 0) is 4.79 Å². The van der Waals surface area contributed by atoms with Crippen molar-refractivity contribution in [1.29, 1.82) is 0 Å². The number of carbonyl (C=O) groups is 2. The van der Waals surface area contributed by atoms with Crippen LogP contribution in [0.5, 0.6) is 5.75 Å². The molecule has 3 heterocycles. The monoisotopic (exact) mass is 592 g/mol. The van der Waals surface area contributed by atoms with Crippen LogP contribution in [-0.4, -0.2) is 91.0 Å². The highest BCUT2D eigenvalue weighted by Crippen LogP contribution is 2.40. The van der Waals surface area contributed by atoms with Gasteiger partial charge in [-0.2, -0.15) is 13.8 Å². The number of hydrogen-bond donors (Lipinski definition) is 2. The van der Waals surface area contributed by atoms with E-state index < -0.39 is 18.4 Å². The van der Waals surface area contributed by atoms with Crippen LogP contribution in [0.15, 0.2) is 54.7 Å². The van der Waals surface area contributed by atoms with Gasteiger partial charge < -0.3 is 24.8 Å². The quantitative estimate of drug-likeness (QED) is 0.406. The molecular weight excluding hydrogens is 558 g/mol. The number of benzene rings is 2. The number of rotatable bonds is 8. The number of anilines is 5. The Kier molecular flexibility index (Phi) is 7.84. The van der Waals surface area contributed by atoms with Crippen LogP contribution < -0.4 is 25.3 Å².